The molecule has 26 heavy (non-hydrogen) atoms. The van der Waals surface area contributed by atoms with Crippen molar-refractivity contribution in [3.8, 4) is 5.75 Å². The number of nitrogens with one attached hydrogen (secondary N) is 2. The molecular formula is C20H32N4O2. The van der Waals surface area contributed by atoms with Gasteiger partial charge in [-0.15, -0.1) is 0 Å². The van der Waals surface area contributed by atoms with Crippen LogP contribution in [0.25, 0.3) is 0 Å². The number of methoxy groups -OCH3 is 1. The average Bonchev–Trinajstić information content (AvgIpc) is 2.66. The Hall–Kier alpha value is -2.24. The number of hydrogen-bond acceptors (Lipinski definition) is 3. The highest BCUT2D eigenvalue weighted by Crippen LogP contribution is 2.17. The summed E-state index contributed by atoms with van der Waals surface area (Å²) in [4.78, 5) is 19.0. The minimum atomic E-state index is 0.230. The van der Waals surface area contributed by atoms with Gasteiger partial charge < -0.3 is 20.3 Å². The average molecular weight is 361 g/mol. The molecule has 0 aliphatic carbocycles. The van der Waals surface area contributed by atoms with Crippen LogP contribution < -0.4 is 15.4 Å². The zero-order valence-electron chi connectivity index (χ0n) is 16.3. The lowest BCUT2D eigenvalue weighted by Crippen LogP contribution is -2.44. The number of benzene rings is 1. The molecule has 1 fully saturated rings. The highest BCUT2D eigenvalue weighted by Gasteiger charge is 2.22. The van der Waals surface area contributed by atoms with Crippen LogP contribution in [0, 0.1) is 0 Å². The van der Waals surface area contributed by atoms with Gasteiger partial charge in [0.2, 0.25) is 5.91 Å². The van der Waals surface area contributed by atoms with Crippen LogP contribution in [-0.4, -0.2) is 49.6 Å². The van der Waals surface area contributed by atoms with Gasteiger partial charge in [-0.05, 0) is 50.8 Å². The number of piperidine rings is 1. The van der Waals surface area contributed by atoms with Gasteiger partial charge in [-0.25, -0.2) is 4.99 Å². The van der Waals surface area contributed by atoms with E-state index >= 15 is 0 Å². The molecule has 1 aliphatic rings. The predicted molar refractivity (Wildman–Crippen MR) is 105 cm³/mol. The number of nitrogens with zero attached hydrogens (tertiary/aromatic N) is 2. The molecule has 1 aromatic carbocycles. The molecule has 0 bridgehead atoms. The Balaban J connectivity index is 1.83. The van der Waals surface area contributed by atoms with E-state index in [1.807, 2.05) is 36.1 Å². The lowest BCUT2D eigenvalue weighted by Gasteiger charge is -2.33. The molecule has 1 atom stereocenters. The standard InChI is InChI=1S/C20H32N4O2/c1-4-21-20(23-15-17-9-7-10-18(14-17)26-3)22-12-11-19(25)24-13-6-5-8-16(24)2/h7,9-10,14,16H,4-6,8,11-13,15H2,1-3H3,(H2,21,22,23). The van der Waals surface area contributed by atoms with Gasteiger partial charge in [-0.3, -0.25) is 4.79 Å². The molecule has 1 unspecified atom stereocenters. The van der Waals surface area contributed by atoms with Gasteiger partial charge in [-0.2, -0.15) is 0 Å². The molecular weight excluding hydrogens is 328 g/mol. The van der Waals surface area contributed by atoms with Crippen molar-refractivity contribution in [1.29, 1.82) is 0 Å². The molecule has 0 spiro atoms. The van der Waals surface area contributed by atoms with Crippen molar-refractivity contribution in [1.82, 2.24) is 15.5 Å². The van der Waals surface area contributed by atoms with E-state index < -0.39 is 0 Å². The van der Waals surface area contributed by atoms with Crippen LogP contribution in [0.2, 0.25) is 0 Å². The smallest absolute Gasteiger partial charge is 0.224 e. The first kappa shape index (κ1) is 20.1. The van der Waals surface area contributed by atoms with Crippen LogP contribution in [0.5, 0.6) is 5.75 Å². The van der Waals surface area contributed by atoms with E-state index in [1.54, 1.807) is 7.11 Å². The summed E-state index contributed by atoms with van der Waals surface area (Å²) in [6.07, 6.45) is 3.95. The number of amides is 1. The monoisotopic (exact) mass is 360 g/mol. The summed E-state index contributed by atoms with van der Waals surface area (Å²) >= 11 is 0. The lowest BCUT2D eigenvalue weighted by molar-refractivity contribution is -0.134. The second kappa shape index (κ2) is 10.7. The molecule has 0 aromatic heterocycles. The Morgan fingerprint density at radius 2 is 2.19 bits per heavy atom. The second-order valence-corrected chi connectivity index (χ2v) is 6.66. The number of guanidine groups is 1. The van der Waals surface area contributed by atoms with Crippen LogP contribution >= 0.6 is 0 Å². The third kappa shape index (κ3) is 6.24. The Labute approximate surface area is 157 Å². The third-order valence-corrected chi connectivity index (χ3v) is 4.65. The SMILES string of the molecule is CCNC(=NCc1cccc(OC)c1)NCCC(=O)N1CCCCC1C. The number of likely N-dealkylation sites (tertiary alicyclic amines) is 1. The van der Waals surface area contributed by atoms with Gasteiger partial charge in [0.1, 0.15) is 5.75 Å². The van der Waals surface area contributed by atoms with Crippen molar-refractivity contribution < 1.29 is 9.53 Å². The molecule has 6 heteroatoms. The van der Waals surface area contributed by atoms with Gasteiger partial charge in [0.05, 0.1) is 13.7 Å². The number of hydrogen-bond donors (Lipinski definition) is 2. The van der Waals surface area contributed by atoms with Gasteiger partial charge in [0, 0.05) is 32.1 Å². The topological polar surface area (TPSA) is 66.0 Å². The zero-order valence-corrected chi connectivity index (χ0v) is 16.3. The van der Waals surface area contributed by atoms with Crippen molar-refractivity contribution >= 4 is 11.9 Å². The van der Waals surface area contributed by atoms with Crippen LogP contribution in [0.3, 0.4) is 0 Å². The van der Waals surface area contributed by atoms with E-state index in [9.17, 15) is 4.79 Å². The summed E-state index contributed by atoms with van der Waals surface area (Å²) in [5.74, 6) is 1.79. The van der Waals surface area contributed by atoms with E-state index in [0.717, 1.165) is 43.2 Å². The van der Waals surface area contributed by atoms with Crippen LogP contribution in [0.1, 0.15) is 45.1 Å². The van der Waals surface area contributed by atoms with Gasteiger partial charge in [0.25, 0.3) is 0 Å². The fraction of sp³-hybridized carbons (Fsp3) is 0.600. The molecule has 1 aliphatic heterocycles. The van der Waals surface area contributed by atoms with Gasteiger partial charge >= 0.3 is 0 Å². The van der Waals surface area contributed by atoms with Crippen molar-refractivity contribution in [2.24, 2.45) is 4.99 Å². The lowest BCUT2D eigenvalue weighted by atomic mass is 10.0. The van der Waals surface area contributed by atoms with Crippen LogP contribution in [0.4, 0.5) is 0 Å². The van der Waals surface area contributed by atoms with Gasteiger partial charge in [0.15, 0.2) is 5.96 Å². The Kier molecular flexibility index (Phi) is 8.25. The van der Waals surface area contributed by atoms with Crippen LogP contribution in [-0.2, 0) is 11.3 Å². The molecule has 0 saturated carbocycles. The minimum Gasteiger partial charge on any atom is -0.497 e. The molecule has 1 saturated heterocycles. The highest BCUT2D eigenvalue weighted by atomic mass is 16.5. The first-order valence-electron chi connectivity index (χ1n) is 9.58. The van der Waals surface area contributed by atoms with Crippen LogP contribution in [0.15, 0.2) is 29.3 Å². The summed E-state index contributed by atoms with van der Waals surface area (Å²) in [6, 6.07) is 8.25. The quantitative estimate of drug-likeness (QED) is 0.579. The largest absolute Gasteiger partial charge is 0.497 e. The number of aliphatic imine (C=N–C) groups is 1. The minimum absolute atomic E-state index is 0.230. The molecule has 0 radical (unpaired) electrons. The van der Waals surface area contributed by atoms with Crippen molar-refractivity contribution in [2.75, 3.05) is 26.7 Å². The summed E-state index contributed by atoms with van der Waals surface area (Å²) < 4.78 is 5.24. The molecule has 1 amide bonds. The first-order chi connectivity index (χ1) is 12.6. The van der Waals surface area contributed by atoms with E-state index in [2.05, 4.69) is 22.5 Å². The Morgan fingerprint density at radius 3 is 2.92 bits per heavy atom. The molecule has 1 heterocycles. The van der Waals surface area contributed by atoms with E-state index in [-0.39, 0.29) is 5.91 Å². The molecule has 1 aromatic rings. The fourth-order valence-corrected chi connectivity index (χ4v) is 3.18. The molecule has 2 N–H and O–H groups in total. The molecule has 6 nitrogen and oxygen atoms in total. The first-order valence-corrected chi connectivity index (χ1v) is 9.58. The zero-order chi connectivity index (χ0) is 18.8. The second-order valence-electron chi connectivity index (χ2n) is 6.66. The maximum atomic E-state index is 12.4. The summed E-state index contributed by atoms with van der Waals surface area (Å²) in [5, 5.41) is 6.49. The molecule has 2 rings (SSSR count). The van der Waals surface area contributed by atoms with E-state index in [1.165, 1.54) is 6.42 Å². The normalized spacial score (nSPS) is 17.7. The maximum absolute atomic E-state index is 12.4. The number of carbonyl (C=O) groups is 1. The Morgan fingerprint density at radius 1 is 1.35 bits per heavy atom. The third-order valence-electron chi connectivity index (χ3n) is 4.65. The Bertz CT molecular complexity index is 603. The maximum Gasteiger partial charge on any atom is 0.224 e. The van der Waals surface area contributed by atoms with E-state index in [0.29, 0.717) is 25.6 Å². The van der Waals surface area contributed by atoms with Crippen molar-refractivity contribution in [3.63, 3.8) is 0 Å². The summed E-state index contributed by atoms with van der Waals surface area (Å²) in [5.41, 5.74) is 1.08. The summed E-state index contributed by atoms with van der Waals surface area (Å²) in [6.45, 7) is 6.99. The summed E-state index contributed by atoms with van der Waals surface area (Å²) in [7, 11) is 1.66. The van der Waals surface area contributed by atoms with E-state index in [4.69, 9.17) is 4.74 Å². The van der Waals surface area contributed by atoms with Gasteiger partial charge in [-0.1, -0.05) is 12.1 Å². The van der Waals surface area contributed by atoms with Crippen molar-refractivity contribution in [3.05, 3.63) is 29.8 Å². The molecule has 144 valence electrons. The number of carbonyl (C=O) groups excluding carboxylic acids is 1. The fourth-order valence-electron chi connectivity index (χ4n) is 3.18. The van der Waals surface area contributed by atoms with Crippen molar-refractivity contribution in [2.45, 2.75) is 52.1 Å². The number of rotatable bonds is 7. The number of ether oxygens (including phenoxy) is 1. The highest BCUT2D eigenvalue weighted by molar-refractivity contribution is 5.81. The predicted octanol–water partition coefficient (Wildman–Crippen LogP) is 2.54.